The number of hydrogen-bond acceptors (Lipinski definition) is 5. The standard InChI is InChI=1S/C23H25BrClN3O4S/c1-23(2,3)32-22(29)27-12-10-26(11-13-27)20-14-16-6-4-9-19(24)21(16)28(20)33(30,31)18-8-5-7-17(25)15-18/h4-9,14-15H,10-13H2,1-3H3. The van der Waals surface area contributed by atoms with Crippen LogP contribution in [0.25, 0.3) is 10.9 Å². The summed E-state index contributed by atoms with van der Waals surface area (Å²) >= 11 is 9.62. The van der Waals surface area contributed by atoms with Crippen LogP contribution in [-0.2, 0) is 14.8 Å². The van der Waals surface area contributed by atoms with Gasteiger partial charge in [0.1, 0.15) is 11.4 Å². The van der Waals surface area contributed by atoms with E-state index in [1.807, 2.05) is 49.9 Å². The molecule has 0 aliphatic carbocycles. The van der Waals surface area contributed by atoms with Crippen molar-refractivity contribution in [1.82, 2.24) is 8.87 Å². The molecule has 0 atom stereocenters. The topological polar surface area (TPSA) is 71.8 Å². The lowest BCUT2D eigenvalue weighted by Gasteiger charge is -2.36. The van der Waals surface area contributed by atoms with Gasteiger partial charge in [-0.15, -0.1) is 0 Å². The van der Waals surface area contributed by atoms with Crippen LogP contribution in [0.5, 0.6) is 0 Å². The van der Waals surface area contributed by atoms with Crippen LogP contribution in [0, 0.1) is 0 Å². The summed E-state index contributed by atoms with van der Waals surface area (Å²) in [5.74, 6) is 0.542. The van der Waals surface area contributed by atoms with Gasteiger partial charge in [0.05, 0.1) is 10.4 Å². The van der Waals surface area contributed by atoms with E-state index < -0.39 is 15.6 Å². The minimum atomic E-state index is -3.95. The number of nitrogens with zero attached hydrogens (tertiary/aromatic N) is 3. The summed E-state index contributed by atoms with van der Waals surface area (Å²) in [6.45, 7) is 7.29. The number of halogens is 2. The summed E-state index contributed by atoms with van der Waals surface area (Å²) in [4.78, 5) is 16.2. The number of amides is 1. The van der Waals surface area contributed by atoms with Crippen LogP contribution >= 0.6 is 27.5 Å². The fraction of sp³-hybridized carbons (Fsp3) is 0.348. The maximum atomic E-state index is 13.8. The van der Waals surface area contributed by atoms with E-state index in [-0.39, 0.29) is 11.0 Å². The number of anilines is 1. The second-order valence-corrected chi connectivity index (χ2v) is 11.9. The van der Waals surface area contributed by atoms with Crippen LogP contribution in [0.2, 0.25) is 5.02 Å². The minimum absolute atomic E-state index is 0.108. The van der Waals surface area contributed by atoms with Crippen LogP contribution in [0.3, 0.4) is 0 Å². The number of piperazine rings is 1. The summed E-state index contributed by atoms with van der Waals surface area (Å²) in [5, 5.41) is 1.14. The van der Waals surface area contributed by atoms with Crippen molar-refractivity contribution < 1.29 is 17.9 Å². The fourth-order valence-corrected chi connectivity index (χ4v) is 6.34. The van der Waals surface area contributed by atoms with Crippen LogP contribution < -0.4 is 4.90 Å². The number of aromatic nitrogens is 1. The maximum absolute atomic E-state index is 13.8. The Morgan fingerprint density at radius 1 is 1.03 bits per heavy atom. The predicted molar refractivity (Wildman–Crippen MR) is 134 cm³/mol. The third kappa shape index (κ3) is 4.85. The van der Waals surface area contributed by atoms with Crippen LogP contribution in [0.15, 0.2) is 57.9 Å². The van der Waals surface area contributed by atoms with Crippen molar-refractivity contribution in [2.24, 2.45) is 0 Å². The summed E-state index contributed by atoms with van der Waals surface area (Å²) in [5.41, 5.74) is -0.0140. The van der Waals surface area contributed by atoms with Gasteiger partial charge in [-0.3, -0.25) is 0 Å². The Kier molecular flexibility index (Phi) is 6.41. The van der Waals surface area contributed by atoms with E-state index in [0.29, 0.717) is 47.0 Å². The number of benzene rings is 2. The monoisotopic (exact) mass is 553 g/mol. The number of carbonyl (C=O) groups is 1. The molecule has 0 unspecified atom stereocenters. The molecule has 0 bridgehead atoms. The molecule has 2 aromatic carbocycles. The van der Waals surface area contributed by atoms with Crippen molar-refractivity contribution in [3.8, 4) is 0 Å². The highest BCUT2D eigenvalue weighted by Crippen LogP contribution is 2.36. The van der Waals surface area contributed by atoms with E-state index in [2.05, 4.69) is 15.9 Å². The van der Waals surface area contributed by atoms with E-state index in [1.165, 1.54) is 16.1 Å². The highest BCUT2D eigenvalue weighted by molar-refractivity contribution is 9.10. The Hall–Kier alpha value is -2.23. The van der Waals surface area contributed by atoms with Crippen molar-refractivity contribution >= 4 is 60.4 Å². The van der Waals surface area contributed by atoms with Gasteiger partial charge >= 0.3 is 6.09 Å². The Morgan fingerprint density at radius 3 is 2.33 bits per heavy atom. The van der Waals surface area contributed by atoms with Gasteiger partial charge in [0, 0.05) is 41.1 Å². The Morgan fingerprint density at radius 2 is 1.70 bits per heavy atom. The number of carbonyl (C=O) groups excluding carboxylic acids is 1. The van der Waals surface area contributed by atoms with Crippen molar-refractivity contribution in [3.63, 3.8) is 0 Å². The second-order valence-electron chi connectivity index (χ2n) is 8.86. The van der Waals surface area contributed by atoms with Crippen LogP contribution in [-0.4, -0.2) is 55.2 Å². The first kappa shape index (κ1) is 23.9. The first-order valence-electron chi connectivity index (χ1n) is 10.5. The van der Waals surface area contributed by atoms with Gasteiger partial charge in [-0.1, -0.05) is 29.8 Å². The first-order valence-corrected chi connectivity index (χ1v) is 13.1. The molecule has 0 N–H and O–H groups in total. The lowest BCUT2D eigenvalue weighted by Crippen LogP contribution is -2.50. The lowest BCUT2D eigenvalue weighted by atomic mass is 10.2. The molecule has 1 saturated heterocycles. The van der Waals surface area contributed by atoms with Gasteiger partial charge in [-0.25, -0.2) is 17.2 Å². The first-order chi connectivity index (χ1) is 15.5. The molecule has 1 amide bonds. The molecule has 2 heterocycles. The van der Waals surface area contributed by atoms with Crippen LogP contribution in [0.4, 0.5) is 10.6 Å². The molecular weight excluding hydrogens is 530 g/mol. The molecule has 0 radical (unpaired) electrons. The molecule has 0 saturated carbocycles. The average Bonchev–Trinajstić information content (AvgIpc) is 3.14. The number of para-hydroxylation sites is 1. The number of hydrogen-bond donors (Lipinski definition) is 0. The van der Waals surface area contributed by atoms with E-state index in [4.69, 9.17) is 16.3 Å². The van der Waals surface area contributed by atoms with Crippen molar-refractivity contribution in [1.29, 1.82) is 0 Å². The van der Waals surface area contributed by atoms with Crippen molar-refractivity contribution in [2.45, 2.75) is 31.3 Å². The van der Waals surface area contributed by atoms with Gasteiger partial charge in [0.25, 0.3) is 10.0 Å². The van der Waals surface area contributed by atoms with E-state index >= 15 is 0 Å². The number of ether oxygens (including phenoxy) is 1. The summed E-state index contributed by atoms with van der Waals surface area (Å²) in [6, 6.07) is 13.7. The molecule has 1 aliphatic rings. The highest BCUT2D eigenvalue weighted by atomic mass is 79.9. The van der Waals surface area contributed by atoms with Gasteiger partial charge in [-0.2, -0.15) is 0 Å². The third-order valence-electron chi connectivity index (χ3n) is 5.30. The molecular formula is C23H25BrClN3O4S. The summed E-state index contributed by atoms with van der Waals surface area (Å²) < 4.78 is 35.1. The molecule has 1 fully saturated rings. The van der Waals surface area contributed by atoms with E-state index in [9.17, 15) is 13.2 Å². The minimum Gasteiger partial charge on any atom is -0.444 e. The smallest absolute Gasteiger partial charge is 0.410 e. The Labute approximate surface area is 207 Å². The van der Waals surface area contributed by atoms with Gasteiger partial charge < -0.3 is 14.5 Å². The Balaban J connectivity index is 1.73. The predicted octanol–water partition coefficient (Wildman–Crippen LogP) is 5.35. The average molecular weight is 555 g/mol. The van der Waals surface area contributed by atoms with Gasteiger partial charge in [0.15, 0.2) is 0 Å². The largest absolute Gasteiger partial charge is 0.444 e. The molecule has 176 valence electrons. The van der Waals surface area contributed by atoms with Crippen molar-refractivity contribution in [3.05, 3.63) is 58.0 Å². The SMILES string of the molecule is CC(C)(C)OC(=O)N1CCN(c2cc3cccc(Br)c3n2S(=O)(=O)c2cccc(Cl)c2)CC1. The number of rotatable bonds is 3. The zero-order valence-corrected chi connectivity index (χ0v) is 21.7. The second kappa shape index (κ2) is 8.85. The summed E-state index contributed by atoms with van der Waals surface area (Å²) in [7, 11) is -3.95. The van der Waals surface area contributed by atoms with Gasteiger partial charge in [0.2, 0.25) is 0 Å². The zero-order chi connectivity index (χ0) is 24.0. The lowest BCUT2D eigenvalue weighted by molar-refractivity contribution is 0.0240. The molecule has 10 heteroatoms. The maximum Gasteiger partial charge on any atom is 0.410 e. The highest BCUT2D eigenvalue weighted by Gasteiger charge is 2.31. The number of fused-ring (bicyclic) bond motifs is 1. The van der Waals surface area contributed by atoms with E-state index in [1.54, 1.807) is 17.0 Å². The van der Waals surface area contributed by atoms with E-state index in [0.717, 1.165) is 5.39 Å². The fourth-order valence-electron chi connectivity index (χ4n) is 3.82. The van der Waals surface area contributed by atoms with Crippen molar-refractivity contribution in [2.75, 3.05) is 31.1 Å². The van der Waals surface area contributed by atoms with Gasteiger partial charge in [-0.05, 0) is 67.0 Å². The molecule has 1 aliphatic heterocycles. The molecule has 4 rings (SSSR count). The molecule has 7 nitrogen and oxygen atoms in total. The summed E-state index contributed by atoms with van der Waals surface area (Å²) in [6.07, 6.45) is -0.364. The molecule has 0 spiro atoms. The molecule has 33 heavy (non-hydrogen) atoms. The molecule has 1 aromatic heterocycles. The normalized spacial score (nSPS) is 15.2. The van der Waals surface area contributed by atoms with Crippen LogP contribution in [0.1, 0.15) is 20.8 Å². The third-order valence-corrected chi connectivity index (χ3v) is 7.88. The zero-order valence-electron chi connectivity index (χ0n) is 18.6. The Bertz CT molecular complexity index is 1310. The molecule has 3 aromatic rings. The quantitative estimate of drug-likeness (QED) is 0.436.